The minimum absolute atomic E-state index is 0.00887. The standard InChI is InChI=1S/C23H30N2O2/c1-3-5-16-24-23(27)21(17-19-12-8-6-9-13-19)25(22(26)4-2)18-20-14-10-7-11-15-20/h6-15,21H,3-5,16-18H2,1-2H3,(H,24,27)/t21-/m0/s1. The van der Waals surface area contributed by atoms with Crippen LogP contribution in [0.25, 0.3) is 0 Å². The Morgan fingerprint density at radius 2 is 1.52 bits per heavy atom. The molecule has 1 N–H and O–H groups in total. The van der Waals surface area contributed by atoms with Gasteiger partial charge in [0.2, 0.25) is 11.8 Å². The smallest absolute Gasteiger partial charge is 0.243 e. The molecule has 1 atom stereocenters. The Labute approximate surface area is 162 Å². The van der Waals surface area contributed by atoms with Crippen molar-refractivity contribution in [3.63, 3.8) is 0 Å². The lowest BCUT2D eigenvalue weighted by Crippen LogP contribution is -2.50. The van der Waals surface area contributed by atoms with Crippen LogP contribution in [0, 0.1) is 0 Å². The summed E-state index contributed by atoms with van der Waals surface area (Å²) in [6, 6.07) is 19.2. The zero-order chi connectivity index (χ0) is 19.5. The summed E-state index contributed by atoms with van der Waals surface area (Å²) in [5.74, 6) is -0.0875. The highest BCUT2D eigenvalue weighted by Crippen LogP contribution is 2.15. The molecule has 2 rings (SSSR count). The fraction of sp³-hybridized carbons (Fsp3) is 0.391. The van der Waals surface area contributed by atoms with E-state index in [0.29, 0.717) is 25.9 Å². The predicted octanol–water partition coefficient (Wildman–Crippen LogP) is 3.95. The van der Waals surface area contributed by atoms with Crippen molar-refractivity contribution < 1.29 is 9.59 Å². The van der Waals surface area contributed by atoms with Gasteiger partial charge in [-0.2, -0.15) is 0 Å². The molecule has 0 bridgehead atoms. The van der Waals surface area contributed by atoms with Gasteiger partial charge in [-0.05, 0) is 17.5 Å². The topological polar surface area (TPSA) is 49.4 Å². The maximum atomic E-state index is 13.0. The van der Waals surface area contributed by atoms with Crippen LogP contribution in [0.3, 0.4) is 0 Å². The number of amides is 2. The molecule has 0 fully saturated rings. The van der Waals surface area contributed by atoms with Crippen molar-refractivity contribution >= 4 is 11.8 Å². The molecule has 0 heterocycles. The largest absolute Gasteiger partial charge is 0.354 e. The van der Waals surface area contributed by atoms with E-state index in [2.05, 4.69) is 12.2 Å². The van der Waals surface area contributed by atoms with Crippen molar-refractivity contribution in [2.75, 3.05) is 6.54 Å². The molecule has 0 saturated heterocycles. The molecule has 4 heteroatoms. The van der Waals surface area contributed by atoms with Gasteiger partial charge in [0.15, 0.2) is 0 Å². The molecular weight excluding hydrogens is 336 g/mol. The lowest BCUT2D eigenvalue weighted by atomic mass is 10.0. The third-order valence-corrected chi connectivity index (χ3v) is 4.60. The van der Waals surface area contributed by atoms with Gasteiger partial charge in [-0.15, -0.1) is 0 Å². The maximum absolute atomic E-state index is 13.0. The van der Waals surface area contributed by atoms with Gasteiger partial charge in [0.25, 0.3) is 0 Å². The van der Waals surface area contributed by atoms with Gasteiger partial charge in [-0.1, -0.05) is 80.9 Å². The summed E-state index contributed by atoms with van der Waals surface area (Å²) in [5, 5.41) is 3.02. The normalized spacial score (nSPS) is 11.6. The van der Waals surface area contributed by atoms with E-state index in [1.807, 2.05) is 67.6 Å². The van der Waals surface area contributed by atoms with E-state index < -0.39 is 6.04 Å². The second-order valence-corrected chi connectivity index (χ2v) is 6.71. The van der Waals surface area contributed by atoms with Crippen LogP contribution in [0.5, 0.6) is 0 Å². The van der Waals surface area contributed by atoms with Crippen molar-refractivity contribution in [1.29, 1.82) is 0 Å². The van der Waals surface area contributed by atoms with E-state index in [-0.39, 0.29) is 11.8 Å². The summed E-state index contributed by atoms with van der Waals surface area (Å²) in [6.07, 6.45) is 2.84. The number of nitrogens with zero attached hydrogens (tertiary/aromatic N) is 1. The third-order valence-electron chi connectivity index (χ3n) is 4.60. The number of carbonyl (C=O) groups is 2. The van der Waals surface area contributed by atoms with Gasteiger partial charge < -0.3 is 10.2 Å². The second-order valence-electron chi connectivity index (χ2n) is 6.71. The Kier molecular flexibility index (Phi) is 8.56. The summed E-state index contributed by atoms with van der Waals surface area (Å²) < 4.78 is 0. The average Bonchev–Trinajstić information content (AvgIpc) is 2.71. The first-order valence-corrected chi connectivity index (χ1v) is 9.80. The molecule has 4 nitrogen and oxygen atoms in total. The molecule has 2 amide bonds. The van der Waals surface area contributed by atoms with Crippen LogP contribution in [0.15, 0.2) is 60.7 Å². The lowest BCUT2D eigenvalue weighted by molar-refractivity contribution is -0.141. The number of hydrogen-bond acceptors (Lipinski definition) is 2. The van der Waals surface area contributed by atoms with Crippen LogP contribution in [0.4, 0.5) is 0 Å². The third kappa shape index (κ3) is 6.55. The van der Waals surface area contributed by atoms with Crippen LogP contribution >= 0.6 is 0 Å². The van der Waals surface area contributed by atoms with Crippen molar-refractivity contribution in [1.82, 2.24) is 10.2 Å². The average molecular weight is 367 g/mol. The van der Waals surface area contributed by atoms with Crippen molar-refractivity contribution in [2.24, 2.45) is 0 Å². The second kappa shape index (κ2) is 11.2. The number of hydrogen-bond donors (Lipinski definition) is 1. The van der Waals surface area contributed by atoms with Gasteiger partial charge in [0.05, 0.1) is 0 Å². The molecule has 0 unspecified atom stereocenters. The van der Waals surface area contributed by atoms with Gasteiger partial charge in [-0.3, -0.25) is 9.59 Å². The monoisotopic (exact) mass is 366 g/mol. The zero-order valence-corrected chi connectivity index (χ0v) is 16.4. The summed E-state index contributed by atoms with van der Waals surface area (Å²) in [6.45, 7) is 5.01. The van der Waals surface area contributed by atoms with E-state index in [1.165, 1.54) is 0 Å². The summed E-state index contributed by atoms with van der Waals surface area (Å²) >= 11 is 0. The first-order valence-electron chi connectivity index (χ1n) is 9.80. The molecule has 0 aliphatic rings. The van der Waals surface area contributed by atoms with E-state index in [0.717, 1.165) is 24.0 Å². The number of rotatable bonds is 10. The Balaban J connectivity index is 2.26. The van der Waals surface area contributed by atoms with E-state index in [9.17, 15) is 9.59 Å². The molecular formula is C23H30N2O2. The molecule has 0 saturated carbocycles. The van der Waals surface area contributed by atoms with Gasteiger partial charge in [0, 0.05) is 25.9 Å². The van der Waals surface area contributed by atoms with E-state index >= 15 is 0 Å². The van der Waals surface area contributed by atoms with Crippen LogP contribution in [0.1, 0.15) is 44.2 Å². The Morgan fingerprint density at radius 3 is 2.07 bits per heavy atom. The highest BCUT2D eigenvalue weighted by Gasteiger charge is 2.29. The number of unbranched alkanes of at least 4 members (excludes halogenated alkanes) is 1. The van der Waals surface area contributed by atoms with Crippen molar-refractivity contribution in [2.45, 2.75) is 52.1 Å². The molecule has 0 spiro atoms. The highest BCUT2D eigenvalue weighted by atomic mass is 16.2. The molecule has 0 aliphatic carbocycles. The first kappa shape index (κ1) is 20.7. The Hall–Kier alpha value is -2.62. The van der Waals surface area contributed by atoms with Gasteiger partial charge >= 0.3 is 0 Å². The predicted molar refractivity (Wildman–Crippen MR) is 109 cm³/mol. The zero-order valence-electron chi connectivity index (χ0n) is 16.4. The molecule has 0 aromatic heterocycles. The first-order chi connectivity index (χ1) is 13.2. The summed E-state index contributed by atoms with van der Waals surface area (Å²) in [5.41, 5.74) is 2.08. The fourth-order valence-corrected chi connectivity index (χ4v) is 3.04. The molecule has 144 valence electrons. The van der Waals surface area contributed by atoms with Crippen LogP contribution in [0.2, 0.25) is 0 Å². The van der Waals surface area contributed by atoms with E-state index in [1.54, 1.807) is 4.90 Å². The van der Waals surface area contributed by atoms with Crippen molar-refractivity contribution in [3.05, 3.63) is 71.8 Å². The SMILES string of the molecule is CCCCNC(=O)[C@H](Cc1ccccc1)N(Cc1ccccc1)C(=O)CC. The fourth-order valence-electron chi connectivity index (χ4n) is 3.04. The van der Waals surface area contributed by atoms with E-state index in [4.69, 9.17) is 0 Å². The van der Waals surface area contributed by atoms with Crippen LogP contribution < -0.4 is 5.32 Å². The number of carbonyl (C=O) groups excluding carboxylic acids is 2. The maximum Gasteiger partial charge on any atom is 0.243 e. The molecule has 0 radical (unpaired) electrons. The Morgan fingerprint density at radius 1 is 0.926 bits per heavy atom. The molecule has 0 aliphatic heterocycles. The van der Waals surface area contributed by atoms with Crippen molar-refractivity contribution in [3.8, 4) is 0 Å². The minimum atomic E-state index is -0.517. The quantitative estimate of drug-likeness (QED) is 0.647. The number of benzene rings is 2. The van der Waals surface area contributed by atoms with Crippen LogP contribution in [-0.4, -0.2) is 29.3 Å². The van der Waals surface area contributed by atoms with Crippen LogP contribution in [-0.2, 0) is 22.6 Å². The lowest BCUT2D eigenvalue weighted by Gasteiger charge is -2.31. The van der Waals surface area contributed by atoms with Gasteiger partial charge in [-0.25, -0.2) is 0 Å². The highest BCUT2D eigenvalue weighted by molar-refractivity contribution is 5.87. The minimum Gasteiger partial charge on any atom is -0.354 e. The molecule has 2 aromatic rings. The molecule has 27 heavy (non-hydrogen) atoms. The molecule has 2 aromatic carbocycles. The summed E-state index contributed by atoms with van der Waals surface area (Å²) in [7, 11) is 0. The number of nitrogens with one attached hydrogen (secondary N) is 1. The Bertz CT molecular complexity index is 701. The van der Waals surface area contributed by atoms with Gasteiger partial charge in [0.1, 0.15) is 6.04 Å². The summed E-state index contributed by atoms with van der Waals surface area (Å²) in [4.78, 5) is 27.4.